The highest BCUT2D eigenvalue weighted by atomic mass is 32.2. The molecule has 19 heavy (non-hydrogen) atoms. The molecule has 0 spiro atoms. The highest BCUT2D eigenvalue weighted by Crippen LogP contribution is 2.19. The summed E-state index contributed by atoms with van der Waals surface area (Å²) in [5.41, 5.74) is 0.990. The summed E-state index contributed by atoms with van der Waals surface area (Å²) in [7, 11) is -3.18. The molecule has 2 heterocycles. The lowest BCUT2D eigenvalue weighted by molar-refractivity contribution is 0.170. The molecule has 106 valence electrons. The number of hydrogen-bond acceptors (Lipinski definition) is 4. The summed E-state index contributed by atoms with van der Waals surface area (Å²) in [6, 6.07) is 3.68. The number of pyridine rings is 1. The molecule has 0 bridgehead atoms. The van der Waals surface area contributed by atoms with Crippen LogP contribution in [0.5, 0.6) is 0 Å². The van der Waals surface area contributed by atoms with Gasteiger partial charge in [0.1, 0.15) is 0 Å². The fraction of sp³-hybridized carbons (Fsp3) is 0.615. The molecule has 0 amide bonds. The van der Waals surface area contributed by atoms with Gasteiger partial charge >= 0.3 is 0 Å². The van der Waals surface area contributed by atoms with Crippen LogP contribution in [-0.4, -0.2) is 48.3 Å². The van der Waals surface area contributed by atoms with E-state index in [-0.39, 0.29) is 18.3 Å². The van der Waals surface area contributed by atoms with Gasteiger partial charge in [-0.2, -0.15) is 0 Å². The van der Waals surface area contributed by atoms with Crippen LogP contribution in [0.4, 0.5) is 0 Å². The van der Waals surface area contributed by atoms with Gasteiger partial charge in [-0.1, -0.05) is 0 Å². The van der Waals surface area contributed by atoms with Crippen LogP contribution in [-0.2, 0) is 16.4 Å². The van der Waals surface area contributed by atoms with Gasteiger partial charge in [0.25, 0.3) is 0 Å². The van der Waals surface area contributed by atoms with Gasteiger partial charge in [-0.25, -0.2) is 12.7 Å². The number of hydrogen-bond donors (Lipinski definition) is 1. The van der Waals surface area contributed by atoms with Crippen LogP contribution in [0, 0.1) is 5.92 Å². The number of aromatic nitrogens is 1. The summed E-state index contributed by atoms with van der Waals surface area (Å²) in [6.07, 6.45) is 5.38. The van der Waals surface area contributed by atoms with Gasteiger partial charge in [0.15, 0.2) is 0 Å². The van der Waals surface area contributed by atoms with E-state index in [1.54, 1.807) is 16.7 Å². The number of piperidine rings is 1. The lowest BCUT2D eigenvalue weighted by Crippen LogP contribution is -2.40. The molecular weight excluding hydrogens is 264 g/mol. The minimum atomic E-state index is -3.18. The van der Waals surface area contributed by atoms with E-state index in [1.807, 2.05) is 12.1 Å². The van der Waals surface area contributed by atoms with E-state index >= 15 is 0 Å². The monoisotopic (exact) mass is 284 g/mol. The van der Waals surface area contributed by atoms with E-state index in [0.29, 0.717) is 19.5 Å². The molecule has 0 aliphatic carbocycles. The molecule has 2 rings (SSSR count). The van der Waals surface area contributed by atoms with Crippen LogP contribution < -0.4 is 0 Å². The van der Waals surface area contributed by atoms with Gasteiger partial charge in [-0.15, -0.1) is 0 Å². The van der Waals surface area contributed by atoms with Gasteiger partial charge in [0, 0.05) is 32.1 Å². The standard InChI is InChI=1S/C13H20N2O3S/c16-11-13-3-8-15(9-4-13)19(17,18)10-5-12-1-6-14-7-2-12/h1-2,6-7,13,16H,3-5,8-11H2. The van der Waals surface area contributed by atoms with Gasteiger partial charge < -0.3 is 5.11 Å². The van der Waals surface area contributed by atoms with Crippen molar-refractivity contribution in [2.24, 2.45) is 5.92 Å². The normalized spacial score (nSPS) is 18.6. The van der Waals surface area contributed by atoms with Crippen molar-refractivity contribution in [3.05, 3.63) is 30.1 Å². The van der Waals surface area contributed by atoms with Crippen molar-refractivity contribution in [1.82, 2.24) is 9.29 Å². The summed E-state index contributed by atoms with van der Waals surface area (Å²) in [5, 5.41) is 9.06. The lowest BCUT2D eigenvalue weighted by atomic mass is 10.00. The SMILES string of the molecule is O=S(=O)(CCc1ccncc1)N1CCC(CO)CC1. The smallest absolute Gasteiger partial charge is 0.214 e. The third-order valence-corrected chi connectivity index (χ3v) is 5.50. The third kappa shape index (κ3) is 3.99. The van der Waals surface area contributed by atoms with Crippen LogP contribution in [0.3, 0.4) is 0 Å². The highest BCUT2D eigenvalue weighted by molar-refractivity contribution is 7.89. The largest absolute Gasteiger partial charge is 0.396 e. The second kappa shape index (κ2) is 6.45. The van der Waals surface area contributed by atoms with Crippen LogP contribution in [0.1, 0.15) is 18.4 Å². The first-order valence-electron chi connectivity index (χ1n) is 6.59. The Morgan fingerprint density at radius 3 is 2.47 bits per heavy atom. The molecule has 0 unspecified atom stereocenters. The number of aliphatic hydroxyl groups is 1. The van der Waals surface area contributed by atoms with E-state index in [0.717, 1.165) is 18.4 Å². The first-order chi connectivity index (χ1) is 9.12. The number of nitrogens with zero attached hydrogens (tertiary/aromatic N) is 2. The summed E-state index contributed by atoms with van der Waals surface area (Å²) < 4.78 is 26.0. The average molecular weight is 284 g/mol. The molecule has 1 aromatic rings. The molecule has 1 aliphatic rings. The maximum atomic E-state index is 12.2. The van der Waals surface area contributed by atoms with Crippen LogP contribution in [0.2, 0.25) is 0 Å². The zero-order valence-electron chi connectivity index (χ0n) is 10.9. The molecule has 1 N–H and O–H groups in total. The van der Waals surface area contributed by atoms with Gasteiger partial charge in [-0.3, -0.25) is 4.98 Å². The molecule has 1 fully saturated rings. The number of aliphatic hydroxyl groups excluding tert-OH is 1. The molecule has 1 aliphatic heterocycles. The van der Waals surface area contributed by atoms with Gasteiger partial charge in [-0.05, 0) is 42.9 Å². The quantitative estimate of drug-likeness (QED) is 0.862. The fourth-order valence-corrected chi connectivity index (χ4v) is 3.81. The Hall–Kier alpha value is -0.980. The molecule has 0 saturated carbocycles. The van der Waals surface area contributed by atoms with Crippen molar-refractivity contribution in [1.29, 1.82) is 0 Å². The molecule has 1 aromatic heterocycles. The van der Waals surface area contributed by atoms with E-state index in [1.165, 1.54) is 0 Å². The Balaban J connectivity index is 1.89. The molecule has 6 heteroatoms. The Morgan fingerprint density at radius 1 is 1.26 bits per heavy atom. The van der Waals surface area contributed by atoms with Crippen molar-refractivity contribution >= 4 is 10.0 Å². The van der Waals surface area contributed by atoms with E-state index in [2.05, 4.69) is 4.98 Å². The maximum Gasteiger partial charge on any atom is 0.214 e. The van der Waals surface area contributed by atoms with Gasteiger partial charge in [0.2, 0.25) is 10.0 Å². The Bertz CT molecular complexity index is 482. The minimum Gasteiger partial charge on any atom is -0.396 e. The Kier molecular flexibility index (Phi) is 4.90. The third-order valence-electron chi connectivity index (χ3n) is 3.62. The summed E-state index contributed by atoms with van der Waals surface area (Å²) in [6.45, 7) is 1.22. The fourth-order valence-electron chi connectivity index (χ4n) is 2.30. The molecular formula is C13H20N2O3S. The zero-order valence-corrected chi connectivity index (χ0v) is 11.7. The predicted molar refractivity (Wildman–Crippen MR) is 73.1 cm³/mol. The first-order valence-corrected chi connectivity index (χ1v) is 8.20. The predicted octanol–water partition coefficient (Wildman–Crippen LogP) is 0.658. The summed E-state index contributed by atoms with van der Waals surface area (Å²) in [5.74, 6) is 0.396. The molecule has 0 aromatic carbocycles. The highest BCUT2D eigenvalue weighted by Gasteiger charge is 2.27. The maximum absolute atomic E-state index is 12.2. The van der Waals surface area contributed by atoms with Crippen LogP contribution in [0.25, 0.3) is 0 Å². The van der Waals surface area contributed by atoms with Crippen LogP contribution >= 0.6 is 0 Å². The average Bonchev–Trinajstić information content (AvgIpc) is 2.46. The Labute approximate surface area is 114 Å². The van der Waals surface area contributed by atoms with Crippen molar-refractivity contribution < 1.29 is 13.5 Å². The molecule has 1 saturated heterocycles. The summed E-state index contributed by atoms with van der Waals surface area (Å²) in [4.78, 5) is 3.91. The van der Waals surface area contributed by atoms with Gasteiger partial charge in [0.05, 0.1) is 5.75 Å². The second-order valence-electron chi connectivity index (χ2n) is 4.95. The lowest BCUT2D eigenvalue weighted by Gasteiger charge is -2.30. The van der Waals surface area contributed by atoms with Crippen LogP contribution in [0.15, 0.2) is 24.5 Å². The Morgan fingerprint density at radius 2 is 1.89 bits per heavy atom. The number of rotatable bonds is 5. The molecule has 0 atom stereocenters. The number of sulfonamides is 1. The topological polar surface area (TPSA) is 70.5 Å². The zero-order chi connectivity index (χ0) is 13.7. The second-order valence-corrected chi connectivity index (χ2v) is 7.03. The molecule has 0 radical (unpaired) electrons. The molecule has 5 nitrogen and oxygen atoms in total. The van der Waals surface area contributed by atoms with E-state index < -0.39 is 10.0 Å². The van der Waals surface area contributed by atoms with Crippen molar-refractivity contribution in [3.8, 4) is 0 Å². The first kappa shape index (κ1) is 14.4. The van der Waals surface area contributed by atoms with Crippen molar-refractivity contribution in [3.63, 3.8) is 0 Å². The summed E-state index contributed by atoms with van der Waals surface area (Å²) >= 11 is 0. The van der Waals surface area contributed by atoms with E-state index in [9.17, 15) is 8.42 Å². The van der Waals surface area contributed by atoms with E-state index in [4.69, 9.17) is 5.11 Å². The van der Waals surface area contributed by atoms with Crippen molar-refractivity contribution in [2.45, 2.75) is 19.3 Å². The number of aryl methyl sites for hydroxylation is 1. The van der Waals surface area contributed by atoms with Crippen molar-refractivity contribution in [2.75, 3.05) is 25.4 Å². The minimum absolute atomic E-state index is 0.140.